The topological polar surface area (TPSA) is 118 Å². The van der Waals surface area contributed by atoms with Crippen LogP contribution in [0.3, 0.4) is 0 Å². The summed E-state index contributed by atoms with van der Waals surface area (Å²) in [6.07, 6.45) is 27.9. The Morgan fingerprint density at radius 2 is 0.778 bits per heavy atom. The molecule has 442 valence electrons. The van der Waals surface area contributed by atoms with E-state index in [9.17, 15) is 0 Å². The molecule has 1 aliphatic carbocycles. The van der Waals surface area contributed by atoms with Gasteiger partial charge in [-0.1, -0.05) is 265 Å². The number of benzene rings is 4. The van der Waals surface area contributed by atoms with Crippen LogP contribution in [-0.2, 0) is 0 Å². The van der Waals surface area contributed by atoms with Gasteiger partial charge in [0.2, 0.25) is 0 Å². The van der Waals surface area contributed by atoms with Crippen molar-refractivity contribution < 1.29 is 9.47 Å². The SMILES string of the molecule is CCCCCCCCCCCCOc1cc(Cl)c(Nc2[nH]n(-c3c(Cl)cc(Cl)cc3Cl)c(=O)c2C(c2c(Nc3cc(Cl)c(OCCCCCCCCCCCC)cc3Cl)[nH]n(-c3c(Cl)cc(Cl)cc3Cl)c2=O)C2CCCCC2)cc1Cl. The lowest BCUT2D eigenvalue weighted by molar-refractivity contribution is 0.304. The smallest absolute Gasteiger partial charge is 0.277 e. The highest BCUT2D eigenvalue weighted by Crippen LogP contribution is 2.47. The number of unbranched alkanes of at least 4 members (excludes halogenated alkanes) is 18. The van der Waals surface area contributed by atoms with Crippen LogP contribution in [0.2, 0.25) is 50.2 Å². The van der Waals surface area contributed by atoms with Gasteiger partial charge in [0.1, 0.15) is 34.5 Å². The molecule has 1 aliphatic rings. The summed E-state index contributed by atoms with van der Waals surface area (Å²) >= 11 is 68.5. The lowest BCUT2D eigenvalue weighted by Crippen LogP contribution is -2.30. The van der Waals surface area contributed by atoms with Crippen molar-refractivity contribution in [1.29, 1.82) is 0 Å². The Morgan fingerprint density at radius 1 is 0.444 bits per heavy atom. The third kappa shape index (κ3) is 18.0. The van der Waals surface area contributed by atoms with Gasteiger partial charge in [0.05, 0.1) is 75.9 Å². The van der Waals surface area contributed by atoms with Crippen LogP contribution in [-0.4, -0.2) is 32.8 Å². The summed E-state index contributed by atoms with van der Waals surface area (Å²) in [5.74, 6) is -0.0478. The number of hydrogen-bond donors (Lipinski definition) is 4. The molecule has 2 heterocycles. The Kier molecular flexibility index (Phi) is 26.7. The van der Waals surface area contributed by atoms with Crippen molar-refractivity contribution in [1.82, 2.24) is 19.6 Å². The molecule has 10 nitrogen and oxygen atoms in total. The Morgan fingerprint density at radius 3 is 1.12 bits per heavy atom. The summed E-state index contributed by atoms with van der Waals surface area (Å²) in [4.78, 5) is 31.4. The van der Waals surface area contributed by atoms with Crippen LogP contribution < -0.4 is 31.2 Å². The van der Waals surface area contributed by atoms with Crippen molar-refractivity contribution in [3.05, 3.63) is 131 Å². The molecule has 4 aromatic carbocycles. The monoisotopic (exact) mass is 1300 g/mol. The fourth-order valence-corrected chi connectivity index (χ4v) is 13.7. The molecule has 0 saturated heterocycles. The second-order valence-electron chi connectivity index (χ2n) is 21.2. The average Bonchev–Trinajstić information content (AvgIpc) is 4.07. The van der Waals surface area contributed by atoms with Gasteiger partial charge in [-0.15, -0.1) is 0 Å². The number of nitrogens with one attached hydrogen (secondary N) is 4. The number of ether oxygens (including phenoxy) is 2. The molecule has 4 N–H and O–H groups in total. The summed E-state index contributed by atoms with van der Waals surface area (Å²) < 4.78 is 14.8. The van der Waals surface area contributed by atoms with Crippen molar-refractivity contribution in [2.75, 3.05) is 23.8 Å². The molecule has 7 rings (SSSR count). The molecule has 0 radical (unpaired) electrons. The summed E-state index contributed by atoms with van der Waals surface area (Å²) in [6, 6.07) is 12.6. The highest BCUT2D eigenvalue weighted by Gasteiger charge is 2.39. The first-order valence-corrected chi connectivity index (χ1v) is 32.7. The highest BCUT2D eigenvalue weighted by molar-refractivity contribution is 6.42. The zero-order valence-electron chi connectivity index (χ0n) is 46.2. The summed E-state index contributed by atoms with van der Waals surface area (Å²) in [5.41, 5.74) is 0.150. The molecule has 0 atom stereocenters. The van der Waals surface area contributed by atoms with Crippen molar-refractivity contribution in [2.24, 2.45) is 5.92 Å². The Bertz CT molecular complexity index is 2890. The predicted octanol–water partition coefficient (Wildman–Crippen LogP) is 23.0. The molecule has 0 unspecified atom stereocenters. The van der Waals surface area contributed by atoms with Crippen molar-refractivity contribution >= 4 is 139 Å². The third-order valence-electron chi connectivity index (χ3n) is 15.1. The molecule has 0 spiro atoms. The number of hydrogen-bond acceptors (Lipinski definition) is 6. The van der Waals surface area contributed by atoms with Crippen LogP contribution in [0.1, 0.15) is 191 Å². The second-order valence-corrected chi connectivity index (χ2v) is 25.4. The van der Waals surface area contributed by atoms with Crippen LogP contribution in [0, 0.1) is 5.92 Å². The van der Waals surface area contributed by atoms with E-state index in [0.717, 1.165) is 57.8 Å². The van der Waals surface area contributed by atoms with Crippen LogP contribution in [0.15, 0.2) is 58.1 Å². The van der Waals surface area contributed by atoms with Crippen LogP contribution in [0.4, 0.5) is 23.0 Å². The molecule has 6 aromatic rings. The molecule has 20 heteroatoms. The van der Waals surface area contributed by atoms with E-state index in [2.05, 4.69) is 34.7 Å². The summed E-state index contributed by atoms with van der Waals surface area (Å²) in [7, 11) is 0. The maximum absolute atomic E-state index is 15.7. The predicted molar refractivity (Wildman–Crippen MR) is 345 cm³/mol. The first-order chi connectivity index (χ1) is 39.1. The van der Waals surface area contributed by atoms with E-state index < -0.39 is 17.0 Å². The lowest BCUT2D eigenvalue weighted by Gasteiger charge is -2.30. The van der Waals surface area contributed by atoms with Gasteiger partial charge in [-0.05, 0) is 68.0 Å². The van der Waals surface area contributed by atoms with Gasteiger partial charge in [0.25, 0.3) is 11.1 Å². The number of aromatic nitrogens is 4. The normalized spacial score (nSPS) is 13.0. The second kappa shape index (κ2) is 33.1. The number of anilines is 4. The van der Waals surface area contributed by atoms with Crippen LogP contribution in [0.25, 0.3) is 11.4 Å². The minimum atomic E-state index is -0.962. The van der Waals surface area contributed by atoms with E-state index in [4.69, 9.17) is 125 Å². The fraction of sp³-hybridized carbons (Fsp3) is 0.508. The zero-order valence-corrected chi connectivity index (χ0v) is 53.7. The van der Waals surface area contributed by atoms with E-state index in [1.807, 2.05) is 0 Å². The third-order valence-corrected chi connectivity index (χ3v) is 17.9. The maximum Gasteiger partial charge on any atom is 0.277 e. The average molecular weight is 1310 g/mol. The first-order valence-electron chi connectivity index (χ1n) is 28.9. The van der Waals surface area contributed by atoms with Gasteiger partial charge in [-0.3, -0.25) is 19.8 Å². The van der Waals surface area contributed by atoms with Crippen molar-refractivity contribution in [2.45, 2.75) is 180 Å². The minimum absolute atomic E-state index is 0.0916. The molecular formula is C61H74Cl10N6O4. The van der Waals surface area contributed by atoms with Gasteiger partial charge in [-0.2, -0.15) is 0 Å². The maximum atomic E-state index is 15.7. The molecule has 0 bridgehead atoms. The van der Waals surface area contributed by atoms with Crippen molar-refractivity contribution in [3.8, 4) is 22.9 Å². The van der Waals surface area contributed by atoms with Gasteiger partial charge in [0.15, 0.2) is 0 Å². The van der Waals surface area contributed by atoms with Crippen LogP contribution in [0.5, 0.6) is 11.5 Å². The fourth-order valence-electron chi connectivity index (χ4n) is 10.8. The van der Waals surface area contributed by atoms with Crippen molar-refractivity contribution in [3.63, 3.8) is 0 Å². The molecule has 81 heavy (non-hydrogen) atoms. The molecule has 0 aliphatic heterocycles. The van der Waals surface area contributed by atoms with Crippen LogP contribution >= 0.6 is 116 Å². The molecule has 2 aromatic heterocycles. The van der Waals surface area contributed by atoms with E-state index >= 15 is 9.59 Å². The number of nitrogens with zero attached hydrogens (tertiary/aromatic N) is 2. The standard InChI is InChI=1S/C61H74Cl10N6O4/c1-3-5-7-9-11-13-15-17-19-24-28-80-51-36-41(64)49(34-43(51)66)72-58-54(60(78)76(74-58)56-45(68)30-39(62)31-46(56)69)53(38-26-22-21-23-27-38)55-59(75-77(61(55)79)57-47(70)32-40(63)33-48(57)71)73-50-35-44(67)52(37-42(50)65)81-29-25-20-18-16-14-12-10-8-6-4-2/h30-38,53,72-75H,3-29H2,1-2H3. The van der Waals surface area contributed by atoms with E-state index in [1.165, 1.54) is 124 Å². The molecule has 1 fully saturated rings. The van der Waals surface area contributed by atoms with Gasteiger partial charge in [-0.25, -0.2) is 9.36 Å². The summed E-state index contributed by atoms with van der Waals surface area (Å²) in [5, 5.41) is 15.3. The molecular weight excluding hydrogens is 1240 g/mol. The van der Waals surface area contributed by atoms with E-state index in [0.29, 0.717) is 59.0 Å². The molecule has 0 amide bonds. The Labute approximate surface area is 527 Å². The van der Waals surface area contributed by atoms with E-state index in [-0.39, 0.29) is 80.2 Å². The zero-order chi connectivity index (χ0) is 58.0. The number of rotatable bonds is 33. The van der Waals surface area contributed by atoms with Gasteiger partial charge >= 0.3 is 0 Å². The Hall–Kier alpha value is -3.00. The number of halogens is 10. The van der Waals surface area contributed by atoms with Gasteiger partial charge in [0, 0.05) is 28.1 Å². The van der Waals surface area contributed by atoms with Gasteiger partial charge < -0.3 is 20.1 Å². The minimum Gasteiger partial charge on any atom is -0.492 e. The molecule has 1 saturated carbocycles. The Balaban J connectivity index is 1.26. The number of aromatic amines is 2. The largest absolute Gasteiger partial charge is 0.492 e. The summed E-state index contributed by atoms with van der Waals surface area (Å²) in [6.45, 7) is 5.41. The van der Waals surface area contributed by atoms with E-state index in [1.54, 1.807) is 24.3 Å². The first kappa shape index (κ1) is 65.5. The number of H-pyrrole nitrogens is 2. The quantitative estimate of drug-likeness (QED) is 0.0305. The highest BCUT2D eigenvalue weighted by atomic mass is 35.5. The lowest BCUT2D eigenvalue weighted by atomic mass is 9.74.